The van der Waals surface area contributed by atoms with Crippen LogP contribution < -0.4 is 15.1 Å². The lowest BCUT2D eigenvalue weighted by Crippen LogP contribution is -2.40. The third kappa shape index (κ3) is 3.75. The number of rotatable bonds is 4. The second-order valence-electron chi connectivity index (χ2n) is 10.7. The highest BCUT2D eigenvalue weighted by atomic mass is 31.2. The van der Waals surface area contributed by atoms with E-state index in [4.69, 9.17) is 13.3 Å². The summed E-state index contributed by atoms with van der Waals surface area (Å²) < 4.78 is 2.84. The van der Waals surface area contributed by atoms with Gasteiger partial charge in [0.05, 0.1) is 24.0 Å². The average Bonchev–Trinajstić information content (AvgIpc) is 3.36. The maximum absolute atomic E-state index is 5.43. The van der Waals surface area contributed by atoms with Crippen LogP contribution in [0.4, 0.5) is 5.69 Å². The lowest BCUT2D eigenvalue weighted by atomic mass is 10.0. The van der Waals surface area contributed by atoms with Gasteiger partial charge in [0.2, 0.25) is 0 Å². The van der Waals surface area contributed by atoms with E-state index in [1.165, 1.54) is 38.6 Å². The Hall–Kier alpha value is -3.24. The predicted octanol–water partition coefficient (Wildman–Crippen LogP) is 9.85. The van der Waals surface area contributed by atoms with Crippen LogP contribution in [0.3, 0.4) is 0 Å². The Labute approximate surface area is 234 Å². The molecule has 0 radical (unpaired) electrons. The number of nitrogens with zero attached hydrogens (tertiary/aromatic N) is 1. The summed E-state index contributed by atoms with van der Waals surface area (Å²) in [5, 5.41) is 2.68. The zero-order valence-electron chi connectivity index (χ0n) is 22.1. The molecule has 0 saturated carbocycles. The van der Waals surface area contributed by atoms with E-state index in [1.54, 1.807) is 0 Å². The molecule has 1 saturated heterocycles. The van der Waals surface area contributed by atoms with Crippen molar-refractivity contribution in [1.82, 2.24) is 0 Å². The average molecular weight is 542 g/mol. The molecule has 2 aliphatic rings. The van der Waals surface area contributed by atoms with E-state index in [9.17, 15) is 0 Å². The van der Waals surface area contributed by atoms with Crippen LogP contribution in [0.15, 0.2) is 140 Å². The number of hydrogen-bond donors (Lipinski definition) is 0. The summed E-state index contributed by atoms with van der Waals surface area (Å²) in [6, 6.07) is 51.4. The summed E-state index contributed by atoms with van der Waals surface area (Å²) in [5.74, 6) is 0. The van der Waals surface area contributed by atoms with Gasteiger partial charge in [-0.3, -0.25) is 0 Å². The van der Waals surface area contributed by atoms with Gasteiger partial charge in [0.15, 0.2) is 0 Å². The molecular formula is C36H33NP2. The van der Waals surface area contributed by atoms with Crippen LogP contribution in [0.2, 0.25) is 0 Å². The van der Waals surface area contributed by atoms with Gasteiger partial charge in [0.25, 0.3) is 0 Å². The molecule has 2 aliphatic heterocycles. The highest BCUT2D eigenvalue weighted by Gasteiger charge is 2.62. The van der Waals surface area contributed by atoms with Crippen LogP contribution in [0.25, 0.3) is 11.1 Å². The summed E-state index contributed by atoms with van der Waals surface area (Å²) in [4.78, 5) is 0. The van der Waals surface area contributed by atoms with E-state index in [0.717, 1.165) is 12.8 Å². The molecule has 1 unspecified atom stereocenters. The summed E-state index contributed by atoms with van der Waals surface area (Å²) in [6.07, 6.45) is 2.27. The fourth-order valence-corrected chi connectivity index (χ4v) is 17.6. The van der Waals surface area contributed by atoms with Crippen LogP contribution >= 0.6 is 14.8 Å². The molecule has 1 fully saturated rings. The molecule has 192 valence electrons. The van der Waals surface area contributed by atoms with Gasteiger partial charge >= 0.3 is 0 Å². The SMILES string of the molecule is [CH2-][P+]1(c2ccccc2)c2ccccc2-c2ccccc2N1[P+]1([CH2-])[C@H](c2ccccc2)CC[C@H]1c1ccccc1. The molecule has 0 amide bonds. The normalized spacial score (nSPS) is 23.2. The number of anilines is 1. The minimum atomic E-state index is -2.31. The molecule has 5 aromatic rings. The number of fused-ring (bicyclic) bond motifs is 3. The first-order valence-corrected chi connectivity index (χ1v) is 17.7. The Bertz CT molecular complexity index is 1550. The minimum absolute atomic E-state index is 0.368. The molecule has 0 bridgehead atoms. The van der Waals surface area contributed by atoms with Gasteiger partial charge in [-0.1, -0.05) is 115 Å². The highest BCUT2D eigenvalue weighted by molar-refractivity contribution is 8.03. The molecule has 3 atom stereocenters. The molecule has 5 aromatic carbocycles. The van der Waals surface area contributed by atoms with Crippen molar-refractivity contribution in [3.8, 4) is 11.1 Å². The zero-order chi connectivity index (χ0) is 26.5. The molecule has 0 N–H and O–H groups in total. The summed E-state index contributed by atoms with van der Waals surface area (Å²) in [6.45, 7) is 10.7. The van der Waals surface area contributed by atoms with Gasteiger partial charge in [-0.05, 0) is 48.2 Å². The highest BCUT2D eigenvalue weighted by Crippen LogP contribution is 2.92. The largest absolute Gasteiger partial charge is 0.181 e. The number of para-hydroxylation sites is 1. The van der Waals surface area contributed by atoms with Crippen molar-refractivity contribution in [3.05, 3.63) is 164 Å². The Balaban J connectivity index is 1.57. The first-order chi connectivity index (χ1) is 19.1. The monoisotopic (exact) mass is 541 g/mol. The van der Waals surface area contributed by atoms with Crippen molar-refractivity contribution < 1.29 is 0 Å². The van der Waals surface area contributed by atoms with E-state index in [1.807, 2.05) is 0 Å². The van der Waals surface area contributed by atoms with E-state index in [-0.39, 0.29) is 0 Å². The fourth-order valence-electron chi connectivity index (χ4n) is 7.04. The third-order valence-electron chi connectivity index (χ3n) is 8.73. The number of benzene rings is 5. The molecule has 39 heavy (non-hydrogen) atoms. The van der Waals surface area contributed by atoms with Gasteiger partial charge in [-0.15, -0.1) is 6.66 Å². The summed E-state index contributed by atoms with van der Waals surface area (Å²) >= 11 is 0. The van der Waals surface area contributed by atoms with Crippen molar-refractivity contribution in [2.24, 2.45) is 0 Å². The standard InChI is InChI=1S/C36H33NP2/c1-38(30-20-10-5-11-21-30)36-25-15-13-23-32(36)31-22-12-14-24-33(31)37(38)39(2)34(28-16-6-3-7-17-28)26-27-35(39)29-18-8-4-9-19-29/h3-25,34-35H,1-2,26-27H2/t34-,35-,38?/m0/s1. The quantitative estimate of drug-likeness (QED) is 0.162. The van der Waals surface area contributed by atoms with E-state index < -0.39 is 14.8 Å². The molecule has 2 heterocycles. The second kappa shape index (κ2) is 9.75. The van der Waals surface area contributed by atoms with E-state index >= 15 is 0 Å². The van der Waals surface area contributed by atoms with Crippen LogP contribution in [0.5, 0.6) is 0 Å². The maximum Gasteiger partial charge on any atom is 0.114 e. The van der Waals surface area contributed by atoms with Crippen LogP contribution in [-0.4, -0.2) is 0 Å². The second-order valence-corrected chi connectivity index (χ2v) is 17.4. The van der Waals surface area contributed by atoms with E-state index in [0.29, 0.717) is 11.3 Å². The first kappa shape index (κ1) is 24.8. The van der Waals surface area contributed by atoms with Crippen LogP contribution in [-0.2, 0) is 0 Å². The van der Waals surface area contributed by atoms with E-state index in [2.05, 4.69) is 144 Å². The molecule has 0 aromatic heterocycles. The van der Waals surface area contributed by atoms with Gasteiger partial charge in [0.1, 0.15) is 11.0 Å². The fraction of sp³-hybridized carbons (Fsp3) is 0.111. The van der Waals surface area contributed by atoms with Gasteiger partial charge in [-0.2, -0.15) is 11.1 Å². The van der Waals surface area contributed by atoms with Crippen molar-refractivity contribution in [2.75, 3.05) is 4.44 Å². The Kier molecular flexibility index (Phi) is 6.19. The first-order valence-electron chi connectivity index (χ1n) is 13.8. The topological polar surface area (TPSA) is 3.24 Å². The van der Waals surface area contributed by atoms with Crippen molar-refractivity contribution in [2.45, 2.75) is 24.2 Å². The lowest BCUT2D eigenvalue weighted by molar-refractivity contribution is 0.765. The number of hydrogen-bond acceptors (Lipinski definition) is 1. The van der Waals surface area contributed by atoms with Crippen molar-refractivity contribution >= 4 is 31.1 Å². The Morgan fingerprint density at radius 2 is 0.974 bits per heavy atom. The minimum Gasteiger partial charge on any atom is -0.181 e. The van der Waals surface area contributed by atoms with Gasteiger partial charge < -0.3 is 0 Å². The summed E-state index contributed by atoms with van der Waals surface area (Å²) in [5.41, 5.74) is 7.48. The smallest absolute Gasteiger partial charge is 0.114 e. The zero-order valence-corrected chi connectivity index (χ0v) is 23.9. The van der Waals surface area contributed by atoms with Crippen LogP contribution in [0, 0.1) is 13.3 Å². The molecule has 0 spiro atoms. The third-order valence-corrected chi connectivity index (χ3v) is 18.0. The van der Waals surface area contributed by atoms with Crippen LogP contribution in [0.1, 0.15) is 35.3 Å². The Morgan fingerprint density at radius 1 is 0.513 bits per heavy atom. The molecule has 1 nitrogen and oxygen atoms in total. The summed E-state index contributed by atoms with van der Waals surface area (Å²) in [7, 11) is -4.47. The molecular weight excluding hydrogens is 508 g/mol. The predicted molar refractivity (Wildman–Crippen MR) is 172 cm³/mol. The molecule has 7 rings (SSSR count). The van der Waals surface area contributed by atoms with Gasteiger partial charge in [-0.25, -0.2) is 0 Å². The molecule has 3 heteroatoms. The van der Waals surface area contributed by atoms with Crippen molar-refractivity contribution in [1.29, 1.82) is 0 Å². The van der Waals surface area contributed by atoms with Gasteiger partial charge in [0, 0.05) is 18.5 Å². The Morgan fingerprint density at radius 3 is 1.56 bits per heavy atom. The van der Waals surface area contributed by atoms with Crippen molar-refractivity contribution in [3.63, 3.8) is 0 Å². The maximum atomic E-state index is 5.43. The lowest BCUT2D eigenvalue weighted by Gasteiger charge is -2.54. The molecule has 0 aliphatic carbocycles.